The molecular formula is C17H26N2O5. The van der Waals surface area contributed by atoms with Gasteiger partial charge in [0.05, 0.1) is 12.0 Å². The van der Waals surface area contributed by atoms with Gasteiger partial charge in [0, 0.05) is 24.2 Å². The Labute approximate surface area is 141 Å². The number of carboxylic acids is 1. The van der Waals surface area contributed by atoms with E-state index in [9.17, 15) is 14.7 Å². The molecule has 1 aromatic rings. The van der Waals surface area contributed by atoms with Crippen molar-refractivity contribution < 1.29 is 24.5 Å². The van der Waals surface area contributed by atoms with Gasteiger partial charge in [-0.25, -0.2) is 0 Å². The van der Waals surface area contributed by atoms with Crippen molar-refractivity contribution in [2.45, 2.75) is 45.3 Å². The Kier molecular flexibility index (Phi) is 7.18. The number of aliphatic carboxylic acids is 1. The predicted octanol–water partition coefficient (Wildman–Crippen LogP) is 1.44. The molecule has 0 aliphatic carbocycles. The molecule has 0 bridgehead atoms. The van der Waals surface area contributed by atoms with Crippen molar-refractivity contribution in [3.8, 4) is 5.75 Å². The Morgan fingerprint density at radius 2 is 1.96 bits per heavy atom. The molecule has 7 heteroatoms. The molecule has 0 spiro atoms. The smallest absolute Gasteiger partial charge is 0.303 e. The first-order chi connectivity index (χ1) is 11.1. The lowest BCUT2D eigenvalue weighted by Crippen LogP contribution is -2.42. The number of carbonyl (C=O) groups is 2. The Morgan fingerprint density at radius 3 is 2.54 bits per heavy atom. The van der Waals surface area contributed by atoms with Crippen molar-refractivity contribution in [1.82, 2.24) is 5.32 Å². The van der Waals surface area contributed by atoms with Crippen LogP contribution in [0.25, 0.3) is 0 Å². The highest BCUT2D eigenvalue weighted by Gasteiger charge is 2.17. The number of rotatable bonds is 9. The number of nitrogens with one attached hydrogen (secondary N) is 1. The monoisotopic (exact) mass is 338 g/mol. The van der Waals surface area contributed by atoms with E-state index in [-0.39, 0.29) is 42.1 Å². The molecule has 134 valence electrons. The van der Waals surface area contributed by atoms with Crippen LogP contribution in [-0.2, 0) is 4.79 Å². The summed E-state index contributed by atoms with van der Waals surface area (Å²) in [5, 5.41) is 21.8. The van der Waals surface area contributed by atoms with E-state index in [1.54, 1.807) is 12.1 Å². The standard InChI is InChI=1S/C17H26N2O5/c1-17(2,3)19-9-12(20)10-24-15-6-4-11(18)8-13(15)14(21)5-7-16(22)23/h4,6,8,12,19-20H,5,7,9-10,18H2,1-3H3,(H,22,23). The molecule has 0 amide bonds. The minimum absolute atomic E-state index is 0.00616. The van der Waals surface area contributed by atoms with Gasteiger partial charge in [0.25, 0.3) is 0 Å². The maximum atomic E-state index is 12.2. The molecule has 0 aliphatic heterocycles. The number of benzene rings is 1. The first-order valence-corrected chi connectivity index (χ1v) is 7.79. The fraction of sp³-hybridized carbons (Fsp3) is 0.529. The molecule has 1 aromatic carbocycles. The zero-order valence-electron chi connectivity index (χ0n) is 14.3. The van der Waals surface area contributed by atoms with Gasteiger partial charge in [0.2, 0.25) is 0 Å². The summed E-state index contributed by atoms with van der Waals surface area (Å²) < 4.78 is 5.53. The number of carboxylic acid groups (broad SMARTS) is 1. The van der Waals surface area contributed by atoms with Gasteiger partial charge in [-0.3, -0.25) is 9.59 Å². The highest BCUT2D eigenvalue weighted by Crippen LogP contribution is 2.23. The topological polar surface area (TPSA) is 122 Å². The quantitative estimate of drug-likeness (QED) is 0.397. The third-order valence-electron chi connectivity index (χ3n) is 3.17. The zero-order valence-corrected chi connectivity index (χ0v) is 14.3. The average Bonchev–Trinajstić information content (AvgIpc) is 2.48. The molecule has 24 heavy (non-hydrogen) atoms. The van der Waals surface area contributed by atoms with Gasteiger partial charge in [-0.15, -0.1) is 0 Å². The van der Waals surface area contributed by atoms with Crippen LogP contribution in [0.15, 0.2) is 18.2 Å². The molecule has 1 atom stereocenters. The number of ether oxygens (including phenoxy) is 1. The molecule has 0 heterocycles. The van der Waals surface area contributed by atoms with Crippen LogP contribution in [0.3, 0.4) is 0 Å². The molecule has 0 aliphatic rings. The summed E-state index contributed by atoms with van der Waals surface area (Å²) in [4.78, 5) is 22.8. The number of aliphatic hydroxyl groups excluding tert-OH is 1. The summed E-state index contributed by atoms with van der Waals surface area (Å²) in [7, 11) is 0. The van der Waals surface area contributed by atoms with Crippen LogP contribution in [0.5, 0.6) is 5.75 Å². The molecule has 5 N–H and O–H groups in total. The van der Waals surface area contributed by atoms with E-state index in [0.717, 1.165) is 0 Å². The Morgan fingerprint density at radius 1 is 1.29 bits per heavy atom. The Hall–Kier alpha value is -2.12. The van der Waals surface area contributed by atoms with Crippen LogP contribution in [-0.4, -0.2) is 46.8 Å². The van der Waals surface area contributed by atoms with Crippen molar-refractivity contribution in [2.24, 2.45) is 0 Å². The minimum atomic E-state index is -1.04. The number of β-amino-alcohol motifs (C(OH)–C–C–N with tert-alkyl or cyclic N) is 1. The highest BCUT2D eigenvalue weighted by atomic mass is 16.5. The summed E-state index contributed by atoms with van der Waals surface area (Å²) in [6.07, 6.45) is -1.14. The van der Waals surface area contributed by atoms with Crippen LogP contribution < -0.4 is 15.8 Å². The minimum Gasteiger partial charge on any atom is -0.490 e. The number of Topliss-reactive ketones (excluding diaryl/α,β-unsaturated/α-hetero) is 1. The number of hydrogen-bond donors (Lipinski definition) is 4. The number of nitrogens with two attached hydrogens (primary N) is 1. The normalized spacial score (nSPS) is 12.7. The summed E-state index contributed by atoms with van der Waals surface area (Å²) >= 11 is 0. The van der Waals surface area contributed by atoms with Crippen LogP contribution in [0.2, 0.25) is 0 Å². The summed E-state index contributed by atoms with van der Waals surface area (Å²) in [6.45, 7) is 6.31. The van der Waals surface area contributed by atoms with Crippen LogP contribution in [0, 0.1) is 0 Å². The number of hydrogen-bond acceptors (Lipinski definition) is 6. The number of aliphatic hydroxyl groups is 1. The maximum Gasteiger partial charge on any atom is 0.303 e. The third kappa shape index (κ3) is 7.43. The molecular weight excluding hydrogens is 312 g/mol. The maximum absolute atomic E-state index is 12.2. The van der Waals surface area contributed by atoms with Crippen molar-refractivity contribution >= 4 is 17.4 Å². The van der Waals surface area contributed by atoms with Crippen LogP contribution in [0.1, 0.15) is 44.0 Å². The van der Waals surface area contributed by atoms with Crippen molar-refractivity contribution in [2.75, 3.05) is 18.9 Å². The van der Waals surface area contributed by atoms with Crippen LogP contribution in [0.4, 0.5) is 5.69 Å². The Bertz CT molecular complexity index is 581. The van der Waals surface area contributed by atoms with Crippen LogP contribution >= 0.6 is 0 Å². The predicted molar refractivity (Wildman–Crippen MR) is 91.3 cm³/mol. The van der Waals surface area contributed by atoms with E-state index in [0.29, 0.717) is 12.2 Å². The van der Waals surface area contributed by atoms with E-state index in [1.807, 2.05) is 20.8 Å². The SMILES string of the molecule is CC(C)(C)NCC(O)COc1ccc(N)cc1C(=O)CCC(=O)O. The van der Waals surface area contributed by atoms with Gasteiger partial charge in [-0.2, -0.15) is 0 Å². The number of carbonyl (C=O) groups excluding carboxylic acids is 1. The van der Waals surface area contributed by atoms with Gasteiger partial charge in [-0.1, -0.05) is 0 Å². The first kappa shape index (κ1) is 19.9. The van der Waals surface area contributed by atoms with Gasteiger partial charge in [-0.05, 0) is 39.0 Å². The van der Waals surface area contributed by atoms with Gasteiger partial charge >= 0.3 is 5.97 Å². The summed E-state index contributed by atoms with van der Waals surface area (Å²) in [5.41, 5.74) is 6.18. The molecule has 0 aromatic heterocycles. The second kappa shape index (κ2) is 8.65. The van der Waals surface area contributed by atoms with E-state index >= 15 is 0 Å². The van der Waals surface area contributed by atoms with Gasteiger partial charge in [0.1, 0.15) is 18.5 Å². The molecule has 1 unspecified atom stereocenters. The second-order valence-corrected chi connectivity index (χ2v) is 6.67. The largest absolute Gasteiger partial charge is 0.490 e. The lowest BCUT2D eigenvalue weighted by Gasteiger charge is -2.23. The zero-order chi connectivity index (χ0) is 18.3. The number of anilines is 1. The van der Waals surface area contributed by atoms with Crippen molar-refractivity contribution in [1.29, 1.82) is 0 Å². The second-order valence-electron chi connectivity index (χ2n) is 6.67. The fourth-order valence-corrected chi connectivity index (χ4v) is 1.92. The highest BCUT2D eigenvalue weighted by molar-refractivity contribution is 6.00. The molecule has 1 rings (SSSR count). The van der Waals surface area contributed by atoms with E-state index < -0.39 is 12.1 Å². The lowest BCUT2D eigenvalue weighted by molar-refractivity contribution is -0.136. The summed E-state index contributed by atoms with van der Waals surface area (Å²) in [6, 6.07) is 4.59. The van der Waals surface area contributed by atoms with Gasteiger partial charge in [0.15, 0.2) is 5.78 Å². The third-order valence-corrected chi connectivity index (χ3v) is 3.17. The average molecular weight is 338 g/mol. The first-order valence-electron chi connectivity index (χ1n) is 7.79. The van der Waals surface area contributed by atoms with Gasteiger partial charge < -0.3 is 26.0 Å². The molecule has 0 saturated heterocycles. The summed E-state index contributed by atoms with van der Waals surface area (Å²) in [5.74, 6) is -1.12. The van der Waals surface area contributed by atoms with E-state index in [2.05, 4.69) is 5.32 Å². The molecule has 7 nitrogen and oxygen atoms in total. The van der Waals surface area contributed by atoms with Crippen molar-refractivity contribution in [3.63, 3.8) is 0 Å². The number of ketones is 1. The molecule has 0 fully saturated rings. The fourth-order valence-electron chi connectivity index (χ4n) is 1.92. The Balaban J connectivity index is 2.70. The van der Waals surface area contributed by atoms with E-state index in [1.165, 1.54) is 6.07 Å². The lowest BCUT2D eigenvalue weighted by atomic mass is 10.0. The molecule has 0 saturated carbocycles. The van der Waals surface area contributed by atoms with Crippen molar-refractivity contribution in [3.05, 3.63) is 23.8 Å². The van der Waals surface area contributed by atoms with E-state index in [4.69, 9.17) is 15.6 Å². The molecule has 0 radical (unpaired) electrons. The number of nitrogen functional groups attached to an aromatic ring is 1.